The van der Waals surface area contributed by atoms with Gasteiger partial charge in [-0.15, -0.1) is 0 Å². The summed E-state index contributed by atoms with van der Waals surface area (Å²) >= 11 is 0. The van der Waals surface area contributed by atoms with Gasteiger partial charge in [-0.3, -0.25) is 9.69 Å². The Hall–Kier alpha value is -1.62. The zero-order valence-corrected chi connectivity index (χ0v) is 12.6. The highest BCUT2D eigenvalue weighted by molar-refractivity contribution is 5.92. The fourth-order valence-corrected chi connectivity index (χ4v) is 2.88. The van der Waals surface area contributed by atoms with Crippen molar-refractivity contribution in [3.05, 3.63) is 24.0 Å². The van der Waals surface area contributed by atoms with Gasteiger partial charge in [0.05, 0.1) is 12.2 Å². The summed E-state index contributed by atoms with van der Waals surface area (Å²) in [6.07, 6.45) is 7.40. The Kier molecular flexibility index (Phi) is 5.56. The number of anilines is 2. The average molecular weight is 293 g/mol. The largest absolute Gasteiger partial charge is 0.396 e. The zero-order valence-electron chi connectivity index (χ0n) is 12.6. The van der Waals surface area contributed by atoms with E-state index in [-0.39, 0.29) is 11.6 Å². The molecule has 0 aliphatic heterocycles. The SMILES string of the molecule is CN(CC(=O)Nc1ccc(F)c(N)c1)C1CCCCCC1. The summed E-state index contributed by atoms with van der Waals surface area (Å²) in [5.74, 6) is -0.559. The van der Waals surface area contributed by atoms with Gasteiger partial charge in [-0.2, -0.15) is 0 Å². The van der Waals surface area contributed by atoms with E-state index < -0.39 is 5.82 Å². The van der Waals surface area contributed by atoms with Gasteiger partial charge in [0.1, 0.15) is 5.82 Å². The third kappa shape index (κ3) is 4.70. The zero-order chi connectivity index (χ0) is 15.2. The topological polar surface area (TPSA) is 58.4 Å². The number of nitrogens with one attached hydrogen (secondary N) is 1. The lowest BCUT2D eigenvalue weighted by atomic mass is 10.1. The molecule has 0 unspecified atom stereocenters. The van der Waals surface area contributed by atoms with Crippen LogP contribution in [0.2, 0.25) is 0 Å². The molecule has 0 spiro atoms. The van der Waals surface area contributed by atoms with Crippen molar-refractivity contribution in [2.24, 2.45) is 0 Å². The molecule has 21 heavy (non-hydrogen) atoms. The van der Waals surface area contributed by atoms with Crippen molar-refractivity contribution in [1.82, 2.24) is 4.90 Å². The molecule has 0 aromatic heterocycles. The Morgan fingerprint density at radius 2 is 2.00 bits per heavy atom. The number of amides is 1. The summed E-state index contributed by atoms with van der Waals surface area (Å²) in [6.45, 7) is 0.349. The van der Waals surface area contributed by atoms with Gasteiger partial charge in [0, 0.05) is 11.7 Å². The number of hydrogen-bond donors (Lipinski definition) is 2. The van der Waals surface area contributed by atoms with Gasteiger partial charge >= 0.3 is 0 Å². The van der Waals surface area contributed by atoms with Gasteiger partial charge in [0.2, 0.25) is 5.91 Å². The van der Waals surface area contributed by atoms with Crippen LogP contribution in [0.3, 0.4) is 0 Å². The van der Waals surface area contributed by atoms with Gasteiger partial charge in [-0.05, 0) is 38.1 Å². The minimum atomic E-state index is -0.469. The molecule has 1 aromatic carbocycles. The predicted molar refractivity (Wildman–Crippen MR) is 83.6 cm³/mol. The highest BCUT2D eigenvalue weighted by Gasteiger charge is 2.19. The van der Waals surface area contributed by atoms with Crippen LogP contribution in [-0.4, -0.2) is 30.4 Å². The summed E-state index contributed by atoms with van der Waals surface area (Å²) < 4.78 is 13.1. The minimum absolute atomic E-state index is 0.0462. The van der Waals surface area contributed by atoms with Crippen LogP contribution < -0.4 is 11.1 Å². The molecule has 0 bridgehead atoms. The van der Waals surface area contributed by atoms with E-state index in [9.17, 15) is 9.18 Å². The monoisotopic (exact) mass is 293 g/mol. The second kappa shape index (κ2) is 7.41. The lowest BCUT2D eigenvalue weighted by molar-refractivity contribution is -0.117. The average Bonchev–Trinajstić information content (AvgIpc) is 2.72. The van der Waals surface area contributed by atoms with Crippen molar-refractivity contribution in [1.29, 1.82) is 0 Å². The van der Waals surface area contributed by atoms with Crippen molar-refractivity contribution in [3.8, 4) is 0 Å². The van der Waals surface area contributed by atoms with E-state index >= 15 is 0 Å². The summed E-state index contributed by atoms with van der Waals surface area (Å²) in [7, 11) is 1.99. The van der Waals surface area contributed by atoms with Crippen LogP contribution in [0, 0.1) is 5.82 Å². The maximum absolute atomic E-state index is 13.1. The van der Waals surface area contributed by atoms with Crippen molar-refractivity contribution >= 4 is 17.3 Å². The fraction of sp³-hybridized carbons (Fsp3) is 0.562. The summed E-state index contributed by atoms with van der Waals surface area (Å²) in [4.78, 5) is 14.2. The quantitative estimate of drug-likeness (QED) is 0.663. The number of benzene rings is 1. The molecule has 1 saturated carbocycles. The number of nitrogens with zero attached hydrogens (tertiary/aromatic N) is 1. The van der Waals surface area contributed by atoms with Crippen LogP contribution >= 0.6 is 0 Å². The molecule has 0 radical (unpaired) electrons. The molecule has 0 atom stereocenters. The number of nitrogens with two attached hydrogens (primary N) is 1. The second-order valence-corrected chi connectivity index (χ2v) is 5.84. The first-order valence-corrected chi connectivity index (χ1v) is 7.61. The van der Waals surface area contributed by atoms with Crippen LogP contribution in [0.5, 0.6) is 0 Å². The number of halogens is 1. The molecule has 116 valence electrons. The number of hydrogen-bond acceptors (Lipinski definition) is 3. The first kappa shape index (κ1) is 15.8. The molecule has 1 aliphatic carbocycles. The third-order valence-electron chi connectivity index (χ3n) is 4.12. The fourth-order valence-electron chi connectivity index (χ4n) is 2.88. The van der Waals surface area contributed by atoms with E-state index in [0.29, 0.717) is 18.3 Å². The molecule has 0 saturated heterocycles. The smallest absolute Gasteiger partial charge is 0.238 e. The highest BCUT2D eigenvalue weighted by atomic mass is 19.1. The normalized spacial score (nSPS) is 16.7. The van der Waals surface area contributed by atoms with E-state index in [1.807, 2.05) is 7.05 Å². The molecule has 2 rings (SSSR count). The molecule has 1 aromatic rings. The van der Waals surface area contributed by atoms with Gasteiger partial charge in [0.25, 0.3) is 0 Å². The van der Waals surface area contributed by atoms with E-state index in [2.05, 4.69) is 10.2 Å². The number of carbonyl (C=O) groups is 1. The van der Waals surface area contributed by atoms with Gasteiger partial charge in [-0.1, -0.05) is 25.7 Å². The Labute approximate surface area is 125 Å². The van der Waals surface area contributed by atoms with E-state index in [4.69, 9.17) is 5.73 Å². The molecule has 1 amide bonds. The molecule has 1 fully saturated rings. The Morgan fingerprint density at radius 1 is 1.33 bits per heavy atom. The Balaban J connectivity index is 1.86. The van der Waals surface area contributed by atoms with E-state index in [1.54, 1.807) is 0 Å². The lowest BCUT2D eigenvalue weighted by Crippen LogP contribution is -2.37. The molecule has 4 nitrogen and oxygen atoms in total. The number of likely N-dealkylation sites (N-methyl/N-ethyl adjacent to an activating group) is 1. The van der Waals surface area contributed by atoms with Gasteiger partial charge in [-0.25, -0.2) is 4.39 Å². The predicted octanol–water partition coefficient (Wildman–Crippen LogP) is 3.00. The summed E-state index contributed by atoms with van der Waals surface area (Å²) in [6, 6.07) is 4.71. The standard InChI is InChI=1S/C16H24FN3O/c1-20(13-6-4-2-3-5-7-13)11-16(21)19-12-8-9-14(17)15(18)10-12/h8-10,13H,2-7,11,18H2,1H3,(H,19,21). The molecule has 0 heterocycles. The molecular formula is C16H24FN3O. The maximum atomic E-state index is 13.1. The van der Waals surface area contributed by atoms with E-state index in [1.165, 1.54) is 43.9 Å². The molecule has 3 N–H and O–H groups in total. The Morgan fingerprint density at radius 3 is 2.62 bits per heavy atom. The van der Waals surface area contributed by atoms with Crippen LogP contribution in [0.25, 0.3) is 0 Å². The van der Waals surface area contributed by atoms with Crippen LogP contribution in [-0.2, 0) is 4.79 Å². The highest BCUT2D eigenvalue weighted by Crippen LogP contribution is 2.21. The van der Waals surface area contributed by atoms with Crippen LogP contribution in [0.4, 0.5) is 15.8 Å². The number of nitrogen functional groups attached to an aromatic ring is 1. The number of carbonyl (C=O) groups excluding carboxylic acids is 1. The van der Waals surface area contributed by atoms with Crippen molar-refractivity contribution in [2.75, 3.05) is 24.6 Å². The second-order valence-electron chi connectivity index (χ2n) is 5.84. The first-order valence-electron chi connectivity index (χ1n) is 7.61. The van der Waals surface area contributed by atoms with Gasteiger partial charge < -0.3 is 11.1 Å². The van der Waals surface area contributed by atoms with Crippen molar-refractivity contribution in [2.45, 2.75) is 44.6 Å². The Bertz CT molecular complexity index is 484. The van der Waals surface area contributed by atoms with Crippen LogP contribution in [0.15, 0.2) is 18.2 Å². The molecule has 5 heteroatoms. The third-order valence-corrected chi connectivity index (χ3v) is 4.12. The minimum Gasteiger partial charge on any atom is -0.396 e. The van der Waals surface area contributed by atoms with Crippen LogP contribution in [0.1, 0.15) is 38.5 Å². The van der Waals surface area contributed by atoms with Crippen molar-refractivity contribution in [3.63, 3.8) is 0 Å². The van der Waals surface area contributed by atoms with E-state index in [0.717, 1.165) is 12.8 Å². The number of rotatable bonds is 4. The molecular weight excluding hydrogens is 269 g/mol. The molecule has 1 aliphatic rings. The van der Waals surface area contributed by atoms with Gasteiger partial charge in [0.15, 0.2) is 0 Å². The maximum Gasteiger partial charge on any atom is 0.238 e. The van der Waals surface area contributed by atoms with Crippen molar-refractivity contribution < 1.29 is 9.18 Å². The summed E-state index contributed by atoms with van der Waals surface area (Å²) in [5, 5.41) is 2.77. The first-order chi connectivity index (χ1) is 10.1. The summed E-state index contributed by atoms with van der Waals surface area (Å²) in [5.41, 5.74) is 6.08. The lowest BCUT2D eigenvalue weighted by Gasteiger charge is -2.26.